The van der Waals surface area contributed by atoms with Crippen LogP contribution in [-0.4, -0.2) is 47.0 Å². The number of benzene rings is 2. The topological polar surface area (TPSA) is 96.0 Å². The van der Waals surface area contributed by atoms with Crippen molar-refractivity contribution in [2.75, 3.05) is 20.2 Å². The molecule has 2 rings (SSSR count). The van der Waals surface area contributed by atoms with Gasteiger partial charge in [-0.05, 0) is 42.2 Å². The fourth-order valence-electron chi connectivity index (χ4n) is 3.03. The van der Waals surface area contributed by atoms with Gasteiger partial charge in [0.1, 0.15) is 5.75 Å². The molecule has 3 atom stereocenters. The summed E-state index contributed by atoms with van der Waals surface area (Å²) >= 11 is 0. The van der Waals surface area contributed by atoms with Crippen molar-refractivity contribution in [1.82, 2.24) is 4.67 Å². The Morgan fingerprint density at radius 2 is 1.68 bits per heavy atom. The van der Waals surface area contributed by atoms with Gasteiger partial charge in [-0.25, -0.2) is 4.67 Å². The van der Waals surface area contributed by atoms with E-state index >= 15 is 0 Å². The van der Waals surface area contributed by atoms with Gasteiger partial charge in [-0.2, -0.15) is 0 Å². The Balaban J connectivity index is 2.15. The Morgan fingerprint density at radius 3 is 2.21 bits per heavy atom. The van der Waals surface area contributed by atoms with Gasteiger partial charge in [0.2, 0.25) is 0 Å². The molecule has 0 aromatic heterocycles. The van der Waals surface area contributed by atoms with E-state index in [0.717, 1.165) is 5.56 Å². The molecule has 0 spiro atoms. The number of ether oxygens (including phenoxy) is 1. The molecule has 154 valence electrons. The number of hydrogen-bond acceptors (Lipinski definition) is 4. The number of rotatable bonds is 10. The number of aliphatic hydroxyl groups is 1. The predicted molar refractivity (Wildman–Crippen MR) is 113 cm³/mol. The first kappa shape index (κ1) is 22.6. The van der Waals surface area contributed by atoms with Crippen LogP contribution in [0.4, 0.5) is 0 Å². The lowest BCUT2D eigenvalue weighted by atomic mass is 10.0. The van der Waals surface area contributed by atoms with Crippen molar-refractivity contribution in [1.29, 1.82) is 0 Å². The molecule has 0 aliphatic heterocycles. The van der Waals surface area contributed by atoms with Crippen LogP contribution in [-0.2, 0) is 11.0 Å². The number of nitrogens with zero attached hydrogens (tertiary/aromatic N) is 1. The Hall–Kier alpha value is -1.69. The van der Waals surface area contributed by atoms with Crippen molar-refractivity contribution in [2.24, 2.45) is 11.7 Å². The minimum atomic E-state index is -3.85. The van der Waals surface area contributed by atoms with Crippen LogP contribution >= 0.6 is 7.52 Å². The van der Waals surface area contributed by atoms with E-state index in [-0.39, 0.29) is 12.5 Å². The second-order valence-electron chi connectivity index (χ2n) is 7.43. The molecule has 0 heterocycles. The van der Waals surface area contributed by atoms with E-state index < -0.39 is 19.7 Å². The summed E-state index contributed by atoms with van der Waals surface area (Å²) in [6.45, 7) is 4.33. The third kappa shape index (κ3) is 6.16. The second kappa shape index (κ2) is 10.2. The Labute approximate surface area is 167 Å². The average Bonchev–Trinajstić information content (AvgIpc) is 2.67. The molecule has 0 saturated carbocycles. The molecule has 0 aliphatic rings. The molecule has 0 amide bonds. The Bertz CT molecular complexity index is 768. The molecular formula is C21H31N2O4P. The van der Waals surface area contributed by atoms with Crippen LogP contribution in [0.2, 0.25) is 0 Å². The van der Waals surface area contributed by atoms with E-state index in [9.17, 15) is 14.6 Å². The smallest absolute Gasteiger partial charge is 0.299 e. The summed E-state index contributed by atoms with van der Waals surface area (Å²) in [5.41, 5.74) is 7.20. The van der Waals surface area contributed by atoms with Crippen LogP contribution in [0.5, 0.6) is 5.75 Å². The first-order valence-corrected chi connectivity index (χ1v) is 11.1. The zero-order chi connectivity index (χ0) is 20.7. The number of nitrogens with two attached hydrogens (primary N) is 1. The quantitative estimate of drug-likeness (QED) is 0.525. The van der Waals surface area contributed by atoms with E-state index in [1.807, 2.05) is 44.2 Å². The van der Waals surface area contributed by atoms with Crippen LogP contribution in [0.15, 0.2) is 54.6 Å². The molecule has 7 heteroatoms. The molecule has 2 aromatic carbocycles. The highest BCUT2D eigenvalue weighted by Crippen LogP contribution is 2.44. The zero-order valence-electron chi connectivity index (χ0n) is 16.7. The molecule has 6 nitrogen and oxygen atoms in total. The Kier molecular flexibility index (Phi) is 8.23. The second-order valence-corrected chi connectivity index (χ2v) is 9.60. The molecule has 0 bridgehead atoms. The molecular weight excluding hydrogens is 375 g/mol. The molecule has 0 saturated heterocycles. The maximum absolute atomic E-state index is 13.3. The summed E-state index contributed by atoms with van der Waals surface area (Å²) in [7, 11) is -2.31. The highest BCUT2D eigenvalue weighted by atomic mass is 31.2. The summed E-state index contributed by atoms with van der Waals surface area (Å²) in [4.78, 5) is 10.9. The van der Waals surface area contributed by atoms with Gasteiger partial charge in [-0.3, -0.25) is 4.57 Å². The van der Waals surface area contributed by atoms with Crippen molar-refractivity contribution in [3.05, 3.63) is 60.2 Å². The molecule has 4 N–H and O–H groups in total. The van der Waals surface area contributed by atoms with Gasteiger partial charge < -0.3 is 20.5 Å². The van der Waals surface area contributed by atoms with Gasteiger partial charge >= 0.3 is 0 Å². The zero-order valence-corrected chi connectivity index (χ0v) is 17.6. The van der Waals surface area contributed by atoms with Gasteiger partial charge in [0.05, 0.1) is 18.5 Å². The fraction of sp³-hybridized carbons (Fsp3) is 0.429. The van der Waals surface area contributed by atoms with Crippen molar-refractivity contribution < 1.29 is 19.3 Å². The fourth-order valence-corrected chi connectivity index (χ4v) is 4.83. The minimum absolute atomic E-state index is 0.0198. The van der Waals surface area contributed by atoms with E-state index in [2.05, 4.69) is 0 Å². The van der Waals surface area contributed by atoms with Crippen LogP contribution in [0.25, 0.3) is 0 Å². The SMILES string of the molecule is COc1ccc(P(=O)(O)N(CC(C)C)CC(O)C(N)Cc2ccccc2)cc1. The number of methoxy groups -OCH3 is 1. The molecule has 28 heavy (non-hydrogen) atoms. The monoisotopic (exact) mass is 406 g/mol. The van der Waals surface area contributed by atoms with E-state index in [1.54, 1.807) is 31.4 Å². The summed E-state index contributed by atoms with van der Waals surface area (Å²) in [5, 5.41) is 10.9. The maximum Gasteiger partial charge on any atom is 0.299 e. The predicted octanol–water partition coefficient (Wildman–Crippen LogP) is 2.39. The van der Waals surface area contributed by atoms with E-state index in [4.69, 9.17) is 10.5 Å². The van der Waals surface area contributed by atoms with Crippen molar-refractivity contribution in [3.63, 3.8) is 0 Å². The first-order chi connectivity index (χ1) is 13.2. The third-order valence-electron chi connectivity index (χ3n) is 4.57. The van der Waals surface area contributed by atoms with E-state index in [1.165, 1.54) is 4.67 Å². The summed E-state index contributed by atoms with van der Waals surface area (Å²) < 4.78 is 19.8. The molecule has 2 aromatic rings. The third-order valence-corrected chi connectivity index (χ3v) is 6.64. The Morgan fingerprint density at radius 1 is 1.07 bits per heavy atom. The van der Waals surface area contributed by atoms with Gasteiger partial charge in [0.15, 0.2) is 0 Å². The van der Waals surface area contributed by atoms with Crippen LogP contribution < -0.4 is 15.8 Å². The average molecular weight is 406 g/mol. The maximum atomic E-state index is 13.3. The first-order valence-electron chi connectivity index (χ1n) is 9.44. The van der Waals surface area contributed by atoms with Gasteiger partial charge in [-0.1, -0.05) is 44.2 Å². The lowest BCUT2D eigenvalue weighted by Gasteiger charge is -2.32. The normalized spacial score (nSPS) is 16.0. The molecule has 0 radical (unpaired) electrons. The number of aliphatic hydroxyl groups excluding tert-OH is 1. The van der Waals surface area contributed by atoms with Crippen molar-refractivity contribution in [2.45, 2.75) is 32.4 Å². The highest BCUT2D eigenvalue weighted by molar-refractivity contribution is 7.63. The number of hydrogen-bond donors (Lipinski definition) is 3. The highest BCUT2D eigenvalue weighted by Gasteiger charge is 2.33. The van der Waals surface area contributed by atoms with Crippen molar-refractivity contribution in [3.8, 4) is 5.75 Å². The van der Waals surface area contributed by atoms with E-state index in [0.29, 0.717) is 24.0 Å². The van der Waals surface area contributed by atoms with Crippen LogP contribution in [0.3, 0.4) is 0 Å². The molecule has 0 fully saturated rings. The largest absolute Gasteiger partial charge is 0.497 e. The van der Waals surface area contributed by atoms with Crippen LogP contribution in [0, 0.1) is 5.92 Å². The lowest BCUT2D eigenvalue weighted by molar-refractivity contribution is 0.112. The standard InChI is InChI=1S/C21H31N2O4P/c1-16(2)14-23(28(25,26)19-11-9-18(27-3)10-12-19)15-21(24)20(22)13-17-7-5-4-6-8-17/h4-12,16,20-21,24H,13-15,22H2,1-3H3,(H,25,26). The van der Waals surface area contributed by atoms with Crippen molar-refractivity contribution >= 4 is 12.8 Å². The summed E-state index contributed by atoms with van der Waals surface area (Å²) in [5.74, 6) is 0.764. The van der Waals surface area contributed by atoms with Gasteiger partial charge in [-0.15, -0.1) is 0 Å². The van der Waals surface area contributed by atoms with Gasteiger partial charge in [0, 0.05) is 19.1 Å². The van der Waals surface area contributed by atoms with Crippen LogP contribution in [0.1, 0.15) is 19.4 Å². The molecule has 3 unspecified atom stereocenters. The summed E-state index contributed by atoms with van der Waals surface area (Å²) in [6, 6.07) is 15.6. The molecule has 0 aliphatic carbocycles. The van der Waals surface area contributed by atoms with Gasteiger partial charge in [0.25, 0.3) is 7.52 Å². The minimum Gasteiger partial charge on any atom is -0.497 e. The summed E-state index contributed by atoms with van der Waals surface area (Å²) in [6.07, 6.45) is -0.437. The lowest BCUT2D eigenvalue weighted by Crippen LogP contribution is -2.45.